The Labute approximate surface area is 228 Å². The number of allylic oxidation sites excluding steroid dienone is 1. The Morgan fingerprint density at radius 2 is 1.77 bits per heavy atom. The van der Waals surface area contributed by atoms with Gasteiger partial charge >= 0.3 is 0 Å². The topological polar surface area (TPSA) is 147 Å². The van der Waals surface area contributed by atoms with E-state index in [2.05, 4.69) is 44.3 Å². The van der Waals surface area contributed by atoms with Crippen molar-refractivity contribution < 1.29 is 9.66 Å². The molecule has 0 saturated heterocycles. The standard InChI is InChI=1S/C27H35N9O3/c1-5-35(6-2)15-14-34(3)23-17-25(39-4)22(16-24(23)36(37)38)33-27-18-26(30-19-31-27)32-21-11-8-7-10-20(21)29-13-9-12-28/h7-13,16-19H,5-6,14-15,28H2,1-4H3,(H2,30,31,32,33). The van der Waals surface area contributed by atoms with E-state index in [-0.39, 0.29) is 5.69 Å². The molecule has 0 atom stereocenters. The van der Waals surface area contributed by atoms with Crippen molar-refractivity contribution in [3.63, 3.8) is 0 Å². The fraction of sp³-hybridized carbons (Fsp3) is 0.296. The third-order valence-corrected chi connectivity index (χ3v) is 6.06. The molecule has 3 aromatic rings. The molecular weight excluding hydrogens is 498 g/mol. The van der Waals surface area contributed by atoms with Crippen molar-refractivity contribution in [3.8, 4) is 5.75 Å². The Morgan fingerprint density at radius 3 is 2.41 bits per heavy atom. The molecule has 0 spiro atoms. The SMILES string of the molecule is CCN(CC)CCN(C)c1cc(OC)c(Nc2cc(Nc3ccccc3N=CC=CN)ncn2)cc1[N+](=O)[O-]. The van der Waals surface area contributed by atoms with Crippen LogP contribution in [0.15, 0.2) is 66.1 Å². The van der Waals surface area contributed by atoms with Crippen molar-refractivity contribution in [1.29, 1.82) is 0 Å². The van der Waals surface area contributed by atoms with Crippen LogP contribution in [0.4, 0.5) is 40.1 Å². The number of hydrogen-bond acceptors (Lipinski definition) is 11. The average Bonchev–Trinajstić information content (AvgIpc) is 2.94. The van der Waals surface area contributed by atoms with E-state index in [0.29, 0.717) is 41.0 Å². The van der Waals surface area contributed by atoms with Crippen LogP contribution in [-0.2, 0) is 0 Å². The number of ether oxygens (including phenoxy) is 1. The summed E-state index contributed by atoms with van der Waals surface area (Å²) in [6, 6.07) is 12.3. The summed E-state index contributed by atoms with van der Waals surface area (Å²) in [5.41, 5.74) is 7.65. The minimum Gasteiger partial charge on any atom is -0.494 e. The number of nitrogens with two attached hydrogens (primary N) is 1. The van der Waals surface area contributed by atoms with Gasteiger partial charge in [-0.15, -0.1) is 0 Å². The Balaban J connectivity index is 1.86. The van der Waals surface area contributed by atoms with E-state index in [0.717, 1.165) is 25.3 Å². The van der Waals surface area contributed by atoms with E-state index in [9.17, 15) is 10.1 Å². The molecule has 0 saturated carbocycles. The fourth-order valence-corrected chi connectivity index (χ4v) is 3.86. The molecule has 0 aliphatic rings. The van der Waals surface area contributed by atoms with Crippen LogP contribution in [0.2, 0.25) is 0 Å². The summed E-state index contributed by atoms with van der Waals surface area (Å²) in [5.74, 6) is 1.38. The van der Waals surface area contributed by atoms with Gasteiger partial charge in [0.15, 0.2) is 0 Å². The van der Waals surface area contributed by atoms with Crippen molar-refractivity contribution in [2.45, 2.75) is 13.8 Å². The number of rotatable bonds is 14. The predicted octanol–water partition coefficient (Wildman–Crippen LogP) is 4.83. The van der Waals surface area contributed by atoms with Gasteiger partial charge in [0.25, 0.3) is 5.69 Å². The maximum atomic E-state index is 12.0. The molecule has 0 fully saturated rings. The molecular formula is C27H35N9O3. The van der Waals surface area contributed by atoms with Crippen molar-refractivity contribution in [3.05, 3.63) is 71.2 Å². The molecule has 3 rings (SSSR count). The van der Waals surface area contributed by atoms with Crippen LogP contribution in [0.25, 0.3) is 0 Å². The monoisotopic (exact) mass is 533 g/mol. The highest BCUT2D eigenvalue weighted by Gasteiger charge is 2.22. The van der Waals surface area contributed by atoms with Gasteiger partial charge in [-0.05, 0) is 37.5 Å². The second kappa shape index (κ2) is 14.3. The van der Waals surface area contributed by atoms with Crippen LogP contribution in [0.1, 0.15) is 13.8 Å². The number of para-hydroxylation sites is 2. The van der Waals surface area contributed by atoms with Crippen LogP contribution in [-0.4, -0.2) is 66.3 Å². The lowest BCUT2D eigenvalue weighted by Crippen LogP contribution is -2.33. The molecule has 0 aliphatic heterocycles. The van der Waals surface area contributed by atoms with Gasteiger partial charge in [-0.1, -0.05) is 26.0 Å². The maximum Gasteiger partial charge on any atom is 0.294 e. The first-order valence-electron chi connectivity index (χ1n) is 12.6. The zero-order valence-electron chi connectivity index (χ0n) is 22.7. The first-order chi connectivity index (χ1) is 18.9. The number of benzene rings is 2. The van der Waals surface area contributed by atoms with Gasteiger partial charge in [0.05, 0.1) is 29.1 Å². The van der Waals surface area contributed by atoms with Crippen molar-refractivity contribution in [1.82, 2.24) is 14.9 Å². The molecule has 12 heteroatoms. The number of aliphatic imine (C=N–C) groups is 1. The van der Waals surface area contributed by atoms with Crippen LogP contribution < -0.4 is 26.0 Å². The minimum absolute atomic E-state index is 0.0360. The summed E-state index contributed by atoms with van der Waals surface area (Å²) >= 11 is 0. The first kappa shape index (κ1) is 28.9. The minimum atomic E-state index is -0.391. The van der Waals surface area contributed by atoms with Gasteiger partial charge < -0.3 is 30.9 Å². The number of aromatic nitrogens is 2. The number of nitrogens with one attached hydrogen (secondary N) is 2. The van der Waals surface area contributed by atoms with E-state index in [1.807, 2.05) is 36.2 Å². The summed E-state index contributed by atoms with van der Waals surface area (Å²) in [5, 5.41) is 18.4. The van der Waals surface area contributed by atoms with E-state index < -0.39 is 4.92 Å². The largest absolute Gasteiger partial charge is 0.494 e. The van der Waals surface area contributed by atoms with Gasteiger partial charge in [0.2, 0.25) is 0 Å². The van der Waals surface area contributed by atoms with Gasteiger partial charge in [-0.2, -0.15) is 0 Å². The molecule has 4 N–H and O–H groups in total. The van der Waals surface area contributed by atoms with E-state index in [1.165, 1.54) is 25.7 Å². The third kappa shape index (κ3) is 7.89. The first-order valence-corrected chi connectivity index (χ1v) is 12.6. The number of nitrogens with zero attached hydrogens (tertiary/aromatic N) is 6. The molecule has 0 aliphatic carbocycles. The number of likely N-dealkylation sites (N-methyl/N-ethyl adjacent to an activating group) is 2. The van der Waals surface area contributed by atoms with Crippen molar-refractivity contribution in [2.75, 3.05) is 55.9 Å². The normalized spacial score (nSPS) is 11.3. The lowest BCUT2D eigenvalue weighted by atomic mass is 10.2. The summed E-state index contributed by atoms with van der Waals surface area (Å²) in [6.45, 7) is 7.44. The highest BCUT2D eigenvalue weighted by molar-refractivity contribution is 5.81. The lowest BCUT2D eigenvalue weighted by molar-refractivity contribution is -0.384. The predicted molar refractivity (Wildman–Crippen MR) is 157 cm³/mol. The second-order valence-corrected chi connectivity index (χ2v) is 8.47. The highest BCUT2D eigenvalue weighted by Crippen LogP contribution is 2.39. The molecule has 2 aromatic carbocycles. The lowest BCUT2D eigenvalue weighted by Gasteiger charge is -2.25. The smallest absolute Gasteiger partial charge is 0.294 e. The number of hydrogen-bond donors (Lipinski definition) is 3. The average molecular weight is 534 g/mol. The third-order valence-electron chi connectivity index (χ3n) is 6.06. The molecule has 0 radical (unpaired) electrons. The van der Waals surface area contributed by atoms with E-state index in [4.69, 9.17) is 10.5 Å². The molecule has 0 bridgehead atoms. The van der Waals surface area contributed by atoms with Gasteiger partial charge in [0.1, 0.15) is 29.4 Å². The summed E-state index contributed by atoms with van der Waals surface area (Å²) < 4.78 is 5.59. The van der Waals surface area contributed by atoms with Crippen LogP contribution >= 0.6 is 0 Å². The summed E-state index contributed by atoms with van der Waals surface area (Å²) in [6.07, 6.45) is 6.02. The summed E-state index contributed by atoms with van der Waals surface area (Å²) in [4.78, 5) is 28.7. The number of nitro groups is 1. The Kier molecular flexibility index (Phi) is 10.6. The Hall–Kier alpha value is -4.71. The number of anilines is 5. The molecule has 0 amide bonds. The molecule has 1 aromatic heterocycles. The molecule has 206 valence electrons. The van der Waals surface area contributed by atoms with Gasteiger partial charge in [-0.25, -0.2) is 9.97 Å². The maximum absolute atomic E-state index is 12.0. The Bertz CT molecular complexity index is 1310. The van der Waals surface area contributed by atoms with E-state index in [1.54, 1.807) is 24.4 Å². The van der Waals surface area contributed by atoms with Crippen molar-refractivity contribution in [2.24, 2.45) is 10.7 Å². The highest BCUT2D eigenvalue weighted by atomic mass is 16.6. The zero-order valence-corrected chi connectivity index (χ0v) is 22.7. The molecule has 39 heavy (non-hydrogen) atoms. The number of nitro benzene ring substituents is 1. The van der Waals surface area contributed by atoms with Crippen molar-refractivity contribution >= 4 is 46.3 Å². The molecule has 12 nitrogen and oxygen atoms in total. The quantitative estimate of drug-likeness (QED) is 0.149. The van der Waals surface area contributed by atoms with E-state index >= 15 is 0 Å². The molecule has 1 heterocycles. The van der Waals surface area contributed by atoms with Crippen LogP contribution in [0.5, 0.6) is 5.75 Å². The number of methoxy groups -OCH3 is 1. The fourth-order valence-electron chi connectivity index (χ4n) is 3.86. The molecule has 0 unspecified atom stereocenters. The van der Waals surface area contributed by atoms with Crippen LogP contribution in [0, 0.1) is 10.1 Å². The summed E-state index contributed by atoms with van der Waals surface area (Å²) in [7, 11) is 3.37. The second-order valence-electron chi connectivity index (χ2n) is 8.47. The van der Waals surface area contributed by atoms with Crippen LogP contribution in [0.3, 0.4) is 0 Å². The van der Waals surface area contributed by atoms with Gasteiger partial charge in [-0.3, -0.25) is 15.1 Å². The Morgan fingerprint density at radius 1 is 1.08 bits per heavy atom. The zero-order chi connectivity index (χ0) is 28.2. The van der Waals surface area contributed by atoms with Gasteiger partial charge in [0, 0.05) is 44.6 Å².